The van der Waals surface area contributed by atoms with E-state index in [9.17, 15) is 4.79 Å². The van der Waals surface area contributed by atoms with Crippen molar-refractivity contribution in [3.05, 3.63) is 215 Å². The summed E-state index contributed by atoms with van der Waals surface area (Å²) in [5.74, 6) is 3.25. The van der Waals surface area contributed by atoms with Crippen LogP contribution in [0.2, 0.25) is 0 Å². The molecular formula is C50H30N2O3. The Hall–Kier alpha value is -7.37. The first kappa shape index (κ1) is 30.1. The number of para-hydroxylation sites is 8. The minimum atomic E-state index is -0.797. The van der Waals surface area contributed by atoms with Crippen LogP contribution in [-0.2, 0) is 5.41 Å². The Labute approximate surface area is 317 Å². The maximum absolute atomic E-state index is 14.4. The Morgan fingerprint density at radius 3 is 1.09 bits per heavy atom. The van der Waals surface area contributed by atoms with E-state index in [1.54, 1.807) is 0 Å². The van der Waals surface area contributed by atoms with Crippen LogP contribution >= 0.6 is 0 Å². The molecule has 55 heavy (non-hydrogen) atoms. The average molecular weight is 707 g/mol. The first-order valence-electron chi connectivity index (χ1n) is 18.6. The molecule has 258 valence electrons. The van der Waals surface area contributed by atoms with Gasteiger partial charge in [0.1, 0.15) is 0 Å². The van der Waals surface area contributed by atoms with Gasteiger partial charge < -0.3 is 19.3 Å². The predicted octanol–water partition coefficient (Wildman–Crippen LogP) is 12.7. The molecule has 0 saturated heterocycles. The van der Waals surface area contributed by atoms with E-state index < -0.39 is 5.41 Å². The monoisotopic (exact) mass is 706 g/mol. The fraction of sp³-hybridized carbons (Fsp3) is 0.0200. The van der Waals surface area contributed by atoms with Crippen LogP contribution in [0.4, 0.5) is 34.1 Å². The Morgan fingerprint density at radius 1 is 0.345 bits per heavy atom. The lowest BCUT2D eigenvalue weighted by Crippen LogP contribution is -2.36. The number of nitrogens with zero attached hydrogens (tertiary/aromatic N) is 2. The van der Waals surface area contributed by atoms with Crippen LogP contribution in [0.5, 0.6) is 23.0 Å². The summed E-state index contributed by atoms with van der Waals surface area (Å²) >= 11 is 0. The highest BCUT2D eigenvalue weighted by molar-refractivity contribution is 6.15. The van der Waals surface area contributed by atoms with Gasteiger partial charge in [-0.1, -0.05) is 109 Å². The zero-order valence-corrected chi connectivity index (χ0v) is 29.4. The van der Waals surface area contributed by atoms with E-state index in [4.69, 9.17) is 9.47 Å². The molecule has 0 N–H and O–H groups in total. The van der Waals surface area contributed by atoms with Crippen molar-refractivity contribution in [1.29, 1.82) is 0 Å². The smallest absolute Gasteiger partial charge is 0.193 e. The molecule has 1 spiro atoms. The van der Waals surface area contributed by atoms with E-state index in [0.29, 0.717) is 0 Å². The van der Waals surface area contributed by atoms with Gasteiger partial charge in [0.25, 0.3) is 0 Å². The SMILES string of the molecule is O=C1c2ccccc2C2(c3ccccc31)c1cc(N3c4ccccc4Oc4ccccc43)ccc1-c1ccc(N3c4ccccc4Oc4ccccc43)cc12. The standard InChI is InChI=1S/C50H30N2O3/c53-49-35-13-1-3-15-37(35)50(38-16-4-2-14-36(38)49)39-29-31(51-41-17-5-9-21-45(41)54-46-22-10-6-18-42(46)51)25-27-33(39)34-28-26-32(30-40(34)50)52-43-19-7-11-23-47(43)55-48-24-12-8-20-44(48)52/h1-30H. The van der Waals surface area contributed by atoms with E-state index in [2.05, 4.69) is 119 Å². The van der Waals surface area contributed by atoms with Crippen LogP contribution in [0, 0.1) is 0 Å². The fourth-order valence-corrected chi connectivity index (χ4v) is 9.43. The average Bonchev–Trinajstić information content (AvgIpc) is 3.53. The van der Waals surface area contributed by atoms with Gasteiger partial charge in [0.05, 0.1) is 28.2 Å². The number of carbonyl (C=O) groups is 1. The number of ketones is 1. The van der Waals surface area contributed by atoms with Crippen molar-refractivity contribution in [1.82, 2.24) is 0 Å². The van der Waals surface area contributed by atoms with E-state index in [1.165, 1.54) is 0 Å². The number of carbonyl (C=O) groups excluding carboxylic acids is 1. The van der Waals surface area contributed by atoms with Gasteiger partial charge in [0.2, 0.25) is 0 Å². The molecule has 2 heterocycles. The highest BCUT2D eigenvalue weighted by Crippen LogP contribution is 2.62. The second kappa shape index (κ2) is 11.1. The van der Waals surface area contributed by atoms with E-state index in [0.717, 1.165) is 102 Å². The molecule has 8 aromatic rings. The molecule has 5 nitrogen and oxygen atoms in total. The molecule has 0 radical (unpaired) electrons. The lowest BCUT2D eigenvalue weighted by Gasteiger charge is -2.40. The minimum Gasteiger partial charge on any atom is -0.453 e. The highest BCUT2D eigenvalue weighted by Gasteiger charge is 2.52. The van der Waals surface area contributed by atoms with Gasteiger partial charge in [-0.2, -0.15) is 0 Å². The third-order valence-corrected chi connectivity index (χ3v) is 11.6. The van der Waals surface area contributed by atoms with Gasteiger partial charge in [0, 0.05) is 22.5 Å². The molecular weight excluding hydrogens is 677 g/mol. The van der Waals surface area contributed by atoms with Crippen molar-refractivity contribution in [3.63, 3.8) is 0 Å². The number of ether oxygens (including phenoxy) is 2. The summed E-state index contributed by atoms with van der Waals surface area (Å²) in [6.45, 7) is 0. The van der Waals surface area contributed by atoms with Crippen LogP contribution in [0.1, 0.15) is 38.2 Å². The van der Waals surface area contributed by atoms with Crippen LogP contribution in [0.15, 0.2) is 182 Å². The molecule has 8 aromatic carbocycles. The Morgan fingerprint density at radius 2 is 0.691 bits per heavy atom. The number of benzene rings is 8. The topological polar surface area (TPSA) is 42.0 Å². The van der Waals surface area contributed by atoms with Gasteiger partial charge in [-0.15, -0.1) is 0 Å². The number of fused-ring (bicyclic) bond motifs is 13. The number of hydrogen-bond donors (Lipinski definition) is 0. The third-order valence-electron chi connectivity index (χ3n) is 11.6. The van der Waals surface area contributed by atoms with Crippen molar-refractivity contribution in [2.45, 2.75) is 5.41 Å². The van der Waals surface area contributed by atoms with Crippen LogP contribution in [0.3, 0.4) is 0 Å². The molecule has 0 bridgehead atoms. The Kier molecular flexibility index (Phi) is 6.07. The molecule has 0 amide bonds. The first-order chi connectivity index (χ1) is 27.2. The quantitative estimate of drug-likeness (QED) is 0.179. The van der Waals surface area contributed by atoms with Crippen molar-refractivity contribution < 1.29 is 14.3 Å². The summed E-state index contributed by atoms with van der Waals surface area (Å²) in [6, 6.07) is 62.8. The lowest BCUT2D eigenvalue weighted by molar-refractivity contribution is 0.103. The van der Waals surface area contributed by atoms with Crippen molar-refractivity contribution in [2.75, 3.05) is 9.80 Å². The second-order valence-electron chi connectivity index (χ2n) is 14.4. The van der Waals surface area contributed by atoms with Crippen molar-refractivity contribution >= 4 is 39.9 Å². The molecule has 0 aromatic heterocycles. The van der Waals surface area contributed by atoms with Gasteiger partial charge >= 0.3 is 0 Å². The normalized spacial score (nSPS) is 14.6. The van der Waals surface area contributed by atoms with E-state index in [1.807, 2.05) is 72.8 Å². The maximum atomic E-state index is 14.4. The summed E-state index contributed by atoms with van der Waals surface area (Å²) in [6.07, 6.45) is 0. The first-order valence-corrected chi connectivity index (χ1v) is 18.6. The molecule has 2 aliphatic carbocycles. The summed E-state index contributed by atoms with van der Waals surface area (Å²) < 4.78 is 12.8. The second-order valence-corrected chi connectivity index (χ2v) is 14.4. The third kappa shape index (κ3) is 3.99. The largest absolute Gasteiger partial charge is 0.453 e. The van der Waals surface area contributed by atoms with Gasteiger partial charge in [-0.25, -0.2) is 0 Å². The summed E-state index contributed by atoms with van der Waals surface area (Å²) in [7, 11) is 0. The molecule has 5 heteroatoms. The van der Waals surface area contributed by atoms with Crippen LogP contribution in [0.25, 0.3) is 11.1 Å². The highest BCUT2D eigenvalue weighted by atomic mass is 16.5. The Balaban J connectivity index is 1.16. The van der Waals surface area contributed by atoms with Gasteiger partial charge in [0.15, 0.2) is 28.8 Å². The fourth-order valence-electron chi connectivity index (χ4n) is 9.43. The molecule has 12 rings (SSSR count). The zero-order valence-electron chi connectivity index (χ0n) is 29.4. The van der Waals surface area contributed by atoms with Gasteiger partial charge in [-0.3, -0.25) is 4.79 Å². The molecule has 0 saturated carbocycles. The summed E-state index contributed by atoms with van der Waals surface area (Å²) in [4.78, 5) is 19.0. The van der Waals surface area contributed by atoms with Crippen molar-refractivity contribution in [3.8, 4) is 34.1 Å². The van der Waals surface area contributed by atoms with E-state index in [-0.39, 0.29) is 5.78 Å². The number of anilines is 6. The molecule has 0 fully saturated rings. The van der Waals surface area contributed by atoms with Crippen LogP contribution in [-0.4, -0.2) is 5.78 Å². The van der Waals surface area contributed by atoms with E-state index >= 15 is 0 Å². The summed E-state index contributed by atoms with van der Waals surface area (Å²) in [5.41, 5.74) is 13.1. The lowest BCUT2D eigenvalue weighted by atomic mass is 9.61. The molecule has 2 aliphatic heterocycles. The molecule has 0 atom stereocenters. The maximum Gasteiger partial charge on any atom is 0.193 e. The summed E-state index contributed by atoms with van der Waals surface area (Å²) in [5, 5.41) is 0. The van der Waals surface area contributed by atoms with Crippen molar-refractivity contribution in [2.24, 2.45) is 0 Å². The minimum absolute atomic E-state index is 0.0474. The molecule has 4 aliphatic rings. The number of rotatable bonds is 2. The van der Waals surface area contributed by atoms with Gasteiger partial charge in [-0.05, 0) is 106 Å². The zero-order chi connectivity index (χ0) is 36.3. The predicted molar refractivity (Wildman–Crippen MR) is 217 cm³/mol. The number of hydrogen-bond acceptors (Lipinski definition) is 5. The Bertz CT molecular complexity index is 2660. The molecule has 0 unspecified atom stereocenters. The van der Waals surface area contributed by atoms with Crippen LogP contribution < -0.4 is 19.3 Å².